The predicted molar refractivity (Wildman–Crippen MR) is 68.8 cm³/mol. The van der Waals surface area contributed by atoms with Crippen molar-refractivity contribution in [3.8, 4) is 0 Å². The Bertz CT molecular complexity index is 381. The van der Waals surface area contributed by atoms with Crippen molar-refractivity contribution < 1.29 is 14.6 Å². The molecule has 0 spiro atoms. The van der Waals surface area contributed by atoms with Crippen LogP contribution in [0.5, 0.6) is 0 Å². The molecule has 4 nitrogen and oxygen atoms in total. The minimum atomic E-state index is -3.53. The van der Waals surface area contributed by atoms with Crippen molar-refractivity contribution in [3.05, 3.63) is 35.9 Å². The summed E-state index contributed by atoms with van der Waals surface area (Å²) >= 11 is 0. The molecule has 0 saturated carbocycles. The second kappa shape index (κ2) is 6.31. The third-order valence-electron chi connectivity index (χ3n) is 2.63. The standard InChI is InChI=1S/C12H20NO3P/c1-10(2)12(17(15,16)9-14)13-8-11-6-4-3-5-7-11/h3-7,10,12-14H,8-9H2,1-2H3,(H,15,16). The SMILES string of the molecule is CC(C)C(NCc1ccccc1)P(=O)(O)CO. The van der Waals surface area contributed by atoms with Gasteiger partial charge in [-0.15, -0.1) is 0 Å². The lowest BCUT2D eigenvalue weighted by Crippen LogP contribution is -2.34. The summed E-state index contributed by atoms with van der Waals surface area (Å²) in [5, 5.41) is 12.0. The summed E-state index contributed by atoms with van der Waals surface area (Å²) in [5.74, 6) is -0.589. The molecule has 0 amide bonds. The van der Waals surface area contributed by atoms with E-state index < -0.39 is 19.5 Å². The Morgan fingerprint density at radius 2 is 1.88 bits per heavy atom. The monoisotopic (exact) mass is 257 g/mol. The Hall–Kier alpha value is -0.670. The minimum absolute atomic E-state index is 0.0123. The molecule has 0 aliphatic rings. The first-order chi connectivity index (χ1) is 7.97. The normalized spacial score (nSPS) is 16.8. The summed E-state index contributed by atoms with van der Waals surface area (Å²) in [6.45, 7) is 4.25. The highest BCUT2D eigenvalue weighted by Gasteiger charge is 2.32. The lowest BCUT2D eigenvalue weighted by atomic mass is 10.2. The zero-order chi connectivity index (χ0) is 12.9. The topological polar surface area (TPSA) is 69.6 Å². The number of benzene rings is 1. The van der Waals surface area contributed by atoms with Gasteiger partial charge in [0.15, 0.2) is 0 Å². The zero-order valence-electron chi connectivity index (χ0n) is 10.2. The largest absolute Gasteiger partial charge is 0.386 e. The summed E-state index contributed by atoms with van der Waals surface area (Å²) in [6.07, 6.45) is -0.683. The van der Waals surface area contributed by atoms with Gasteiger partial charge >= 0.3 is 0 Å². The van der Waals surface area contributed by atoms with E-state index in [0.29, 0.717) is 6.54 Å². The van der Waals surface area contributed by atoms with Gasteiger partial charge < -0.3 is 15.3 Å². The number of rotatable bonds is 6. The van der Waals surface area contributed by atoms with Gasteiger partial charge in [-0.1, -0.05) is 44.2 Å². The lowest BCUT2D eigenvalue weighted by molar-refractivity contribution is 0.314. The molecular weight excluding hydrogens is 237 g/mol. The molecule has 0 aromatic heterocycles. The molecule has 17 heavy (non-hydrogen) atoms. The zero-order valence-corrected chi connectivity index (χ0v) is 11.1. The molecule has 2 unspecified atom stereocenters. The van der Waals surface area contributed by atoms with Crippen molar-refractivity contribution in [1.29, 1.82) is 0 Å². The number of aliphatic hydroxyl groups is 1. The van der Waals surface area contributed by atoms with Crippen LogP contribution in [0.25, 0.3) is 0 Å². The second-order valence-electron chi connectivity index (χ2n) is 4.45. The quantitative estimate of drug-likeness (QED) is 0.681. The number of hydrogen-bond acceptors (Lipinski definition) is 3. The van der Waals surface area contributed by atoms with Crippen LogP contribution in [0, 0.1) is 5.92 Å². The molecule has 0 bridgehead atoms. The first-order valence-electron chi connectivity index (χ1n) is 5.67. The van der Waals surface area contributed by atoms with Crippen LogP contribution in [0.2, 0.25) is 0 Å². The third kappa shape index (κ3) is 4.25. The highest BCUT2D eigenvalue weighted by molar-refractivity contribution is 7.58. The molecule has 0 aliphatic heterocycles. The van der Waals surface area contributed by atoms with E-state index in [1.165, 1.54) is 0 Å². The summed E-state index contributed by atoms with van der Waals surface area (Å²) < 4.78 is 11.8. The van der Waals surface area contributed by atoms with Crippen LogP contribution in [0.1, 0.15) is 19.4 Å². The fourth-order valence-corrected chi connectivity index (χ4v) is 3.23. The Morgan fingerprint density at radius 3 is 2.35 bits per heavy atom. The maximum Gasteiger partial charge on any atom is 0.241 e. The third-order valence-corrected chi connectivity index (χ3v) is 4.68. The number of aliphatic hydroxyl groups excluding tert-OH is 1. The molecule has 0 saturated heterocycles. The van der Waals surface area contributed by atoms with Gasteiger partial charge in [0.2, 0.25) is 7.37 Å². The Labute approximate surface area is 102 Å². The summed E-state index contributed by atoms with van der Waals surface area (Å²) in [7, 11) is -3.53. The summed E-state index contributed by atoms with van der Waals surface area (Å²) in [5.41, 5.74) is 1.05. The Balaban J connectivity index is 2.66. The molecule has 96 valence electrons. The molecular formula is C12H20NO3P. The molecule has 0 fully saturated rings. The molecule has 0 heterocycles. The van der Waals surface area contributed by atoms with E-state index in [4.69, 9.17) is 5.11 Å². The first kappa shape index (κ1) is 14.4. The molecule has 5 heteroatoms. The smallest absolute Gasteiger partial charge is 0.241 e. The van der Waals surface area contributed by atoms with E-state index in [-0.39, 0.29) is 5.92 Å². The highest BCUT2D eigenvalue weighted by atomic mass is 31.2. The first-order valence-corrected chi connectivity index (χ1v) is 7.58. The van der Waals surface area contributed by atoms with Crippen molar-refractivity contribution in [2.45, 2.75) is 26.2 Å². The van der Waals surface area contributed by atoms with Gasteiger partial charge in [0.1, 0.15) is 6.35 Å². The van der Waals surface area contributed by atoms with Gasteiger partial charge in [-0.2, -0.15) is 0 Å². The van der Waals surface area contributed by atoms with Gasteiger partial charge in [0.05, 0.1) is 5.78 Å². The molecule has 2 atom stereocenters. The van der Waals surface area contributed by atoms with Gasteiger partial charge in [0, 0.05) is 6.54 Å². The van der Waals surface area contributed by atoms with Crippen molar-refractivity contribution in [3.63, 3.8) is 0 Å². The van der Waals surface area contributed by atoms with E-state index in [2.05, 4.69) is 5.32 Å². The van der Waals surface area contributed by atoms with Gasteiger partial charge in [-0.25, -0.2) is 0 Å². The second-order valence-corrected chi connectivity index (χ2v) is 6.80. The summed E-state index contributed by atoms with van der Waals surface area (Å²) in [4.78, 5) is 9.67. The molecule has 0 aliphatic carbocycles. The van der Waals surface area contributed by atoms with Crippen molar-refractivity contribution in [1.82, 2.24) is 5.32 Å². The average Bonchev–Trinajstić information content (AvgIpc) is 2.30. The highest BCUT2D eigenvalue weighted by Crippen LogP contribution is 2.46. The van der Waals surface area contributed by atoms with Gasteiger partial charge in [-0.05, 0) is 11.5 Å². The Morgan fingerprint density at radius 1 is 1.29 bits per heavy atom. The average molecular weight is 257 g/mol. The minimum Gasteiger partial charge on any atom is -0.386 e. The maximum atomic E-state index is 11.8. The fourth-order valence-electron chi connectivity index (χ4n) is 1.75. The molecule has 1 aromatic carbocycles. The van der Waals surface area contributed by atoms with Crippen LogP contribution in [-0.4, -0.2) is 22.1 Å². The van der Waals surface area contributed by atoms with Gasteiger partial charge in [0.25, 0.3) is 0 Å². The molecule has 1 rings (SSSR count). The lowest BCUT2D eigenvalue weighted by Gasteiger charge is -2.26. The van der Waals surface area contributed by atoms with Crippen LogP contribution >= 0.6 is 7.37 Å². The van der Waals surface area contributed by atoms with Crippen molar-refractivity contribution >= 4 is 7.37 Å². The van der Waals surface area contributed by atoms with Crippen LogP contribution < -0.4 is 5.32 Å². The molecule has 1 aromatic rings. The van der Waals surface area contributed by atoms with Crippen LogP contribution in [0.15, 0.2) is 30.3 Å². The summed E-state index contributed by atoms with van der Waals surface area (Å²) in [6, 6.07) is 9.67. The number of hydrogen-bond donors (Lipinski definition) is 3. The van der Waals surface area contributed by atoms with Crippen molar-refractivity contribution in [2.75, 3.05) is 6.35 Å². The van der Waals surface area contributed by atoms with E-state index in [9.17, 15) is 9.46 Å². The van der Waals surface area contributed by atoms with Crippen LogP contribution in [-0.2, 0) is 11.1 Å². The molecule has 3 N–H and O–H groups in total. The maximum absolute atomic E-state index is 11.8. The van der Waals surface area contributed by atoms with E-state index in [1.807, 2.05) is 44.2 Å². The van der Waals surface area contributed by atoms with Crippen molar-refractivity contribution in [2.24, 2.45) is 5.92 Å². The molecule has 0 radical (unpaired) electrons. The predicted octanol–water partition coefficient (Wildman–Crippen LogP) is 1.98. The van der Waals surface area contributed by atoms with E-state index in [1.54, 1.807) is 0 Å². The number of nitrogens with one attached hydrogen (secondary N) is 1. The van der Waals surface area contributed by atoms with Crippen LogP contribution in [0.3, 0.4) is 0 Å². The Kier molecular flexibility index (Phi) is 5.34. The van der Waals surface area contributed by atoms with Gasteiger partial charge in [-0.3, -0.25) is 4.57 Å². The van der Waals surface area contributed by atoms with Crippen LogP contribution in [0.4, 0.5) is 0 Å². The van der Waals surface area contributed by atoms with E-state index in [0.717, 1.165) is 5.56 Å². The van der Waals surface area contributed by atoms with E-state index >= 15 is 0 Å². The fraction of sp³-hybridized carbons (Fsp3) is 0.500.